The Morgan fingerprint density at radius 2 is 1.35 bits per heavy atom. The van der Waals surface area contributed by atoms with Crippen molar-refractivity contribution in [3.63, 3.8) is 0 Å². The van der Waals surface area contributed by atoms with Gasteiger partial charge in [-0.3, -0.25) is 4.79 Å². The van der Waals surface area contributed by atoms with Crippen LogP contribution in [0.5, 0.6) is 0 Å². The molecule has 2 rings (SSSR count). The molecule has 0 atom stereocenters. The first-order valence-electron chi connectivity index (χ1n) is 6.58. The van der Waals surface area contributed by atoms with Crippen molar-refractivity contribution in [2.24, 2.45) is 0 Å². The van der Waals surface area contributed by atoms with Crippen molar-refractivity contribution >= 4 is 17.2 Å². The van der Waals surface area contributed by atoms with Crippen molar-refractivity contribution in [1.82, 2.24) is 0 Å². The predicted octanol–water partition coefficient (Wildman–Crippen LogP) is 3.05. The summed E-state index contributed by atoms with van der Waals surface area (Å²) in [4.78, 5) is 16.5. The van der Waals surface area contributed by atoms with E-state index in [2.05, 4.69) is 0 Å². The fourth-order valence-electron chi connectivity index (χ4n) is 2.00. The fraction of sp³-hybridized carbons (Fsp3) is 0.235. The Balaban J connectivity index is 2.29. The van der Waals surface area contributed by atoms with Crippen LogP contribution < -0.4 is 9.80 Å². The molecule has 104 valence electrons. The maximum atomic E-state index is 12.5. The van der Waals surface area contributed by atoms with Crippen LogP contribution in [0.2, 0.25) is 0 Å². The largest absolute Gasteiger partial charge is 0.378 e. The maximum Gasteiger partial charge on any atom is 0.193 e. The monoisotopic (exact) mass is 268 g/mol. The van der Waals surface area contributed by atoms with E-state index >= 15 is 0 Å². The number of benzene rings is 2. The first kappa shape index (κ1) is 14.1. The van der Waals surface area contributed by atoms with Crippen molar-refractivity contribution in [3.8, 4) is 0 Å². The Bertz CT molecular complexity index is 601. The molecule has 0 amide bonds. The van der Waals surface area contributed by atoms with Gasteiger partial charge in [0.15, 0.2) is 5.78 Å². The maximum absolute atomic E-state index is 12.5. The number of ketones is 1. The molecule has 0 aliphatic carbocycles. The van der Waals surface area contributed by atoms with Crippen LogP contribution in [0.15, 0.2) is 48.5 Å². The van der Waals surface area contributed by atoms with Gasteiger partial charge >= 0.3 is 0 Å². The summed E-state index contributed by atoms with van der Waals surface area (Å²) in [5.74, 6) is 0.0546. The van der Waals surface area contributed by atoms with Crippen LogP contribution in [-0.2, 0) is 0 Å². The van der Waals surface area contributed by atoms with E-state index in [1.807, 2.05) is 86.5 Å². The fourth-order valence-corrected chi connectivity index (χ4v) is 2.00. The van der Waals surface area contributed by atoms with Crippen LogP contribution in [0.4, 0.5) is 11.4 Å². The van der Waals surface area contributed by atoms with E-state index in [4.69, 9.17) is 0 Å². The molecular weight excluding hydrogens is 248 g/mol. The summed E-state index contributed by atoms with van der Waals surface area (Å²) in [6, 6.07) is 15.4. The smallest absolute Gasteiger partial charge is 0.193 e. The molecule has 0 spiro atoms. The van der Waals surface area contributed by atoms with Crippen molar-refractivity contribution in [1.29, 1.82) is 0 Å². The second kappa shape index (κ2) is 5.78. The van der Waals surface area contributed by atoms with Gasteiger partial charge in [0.1, 0.15) is 0 Å². The molecule has 20 heavy (non-hydrogen) atoms. The van der Waals surface area contributed by atoms with E-state index in [0.29, 0.717) is 11.1 Å². The van der Waals surface area contributed by atoms with Crippen LogP contribution >= 0.6 is 0 Å². The highest BCUT2D eigenvalue weighted by molar-refractivity contribution is 6.09. The first-order valence-corrected chi connectivity index (χ1v) is 6.58. The highest BCUT2D eigenvalue weighted by atomic mass is 16.1. The summed E-state index contributed by atoms with van der Waals surface area (Å²) < 4.78 is 0. The average Bonchev–Trinajstić information content (AvgIpc) is 2.46. The van der Waals surface area contributed by atoms with E-state index in [-0.39, 0.29) is 5.78 Å². The van der Waals surface area contributed by atoms with Gasteiger partial charge in [-0.05, 0) is 36.4 Å². The predicted molar refractivity (Wildman–Crippen MR) is 85.0 cm³/mol. The van der Waals surface area contributed by atoms with Gasteiger partial charge in [0.25, 0.3) is 0 Å². The standard InChI is InChI=1S/C17H20N2O/c1-18(2)15-10-8-13(9-11-15)17(20)14-6-5-7-16(12-14)19(3)4/h5-12H,1-4H3. The van der Waals surface area contributed by atoms with E-state index in [1.54, 1.807) is 0 Å². The number of hydrogen-bond donors (Lipinski definition) is 0. The minimum absolute atomic E-state index is 0.0546. The number of rotatable bonds is 4. The lowest BCUT2D eigenvalue weighted by atomic mass is 10.0. The number of carbonyl (C=O) groups excluding carboxylic acids is 1. The Morgan fingerprint density at radius 1 is 0.750 bits per heavy atom. The van der Waals surface area contributed by atoms with Gasteiger partial charge < -0.3 is 9.80 Å². The third-order valence-corrected chi connectivity index (χ3v) is 3.27. The molecule has 0 heterocycles. The lowest BCUT2D eigenvalue weighted by molar-refractivity contribution is 0.103. The molecule has 0 N–H and O–H groups in total. The topological polar surface area (TPSA) is 23.6 Å². The summed E-state index contributed by atoms with van der Waals surface area (Å²) in [5.41, 5.74) is 3.55. The molecule has 0 saturated carbocycles. The van der Waals surface area contributed by atoms with Crippen molar-refractivity contribution in [3.05, 3.63) is 59.7 Å². The zero-order valence-electron chi connectivity index (χ0n) is 12.4. The molecule has 0 unspecified atom stereocenters. The highest BCUT2D eigenvalue weighted by Crippen LogP contribution is 2.18. The molecule has 0 saturated heterocycles. The number of carbonyl (C=O) groups is 1. The second-order valence-corrected chi connectivity index (χ2v) is 5.22. The van der Waals surface area contributed by atoms with E-state index < -0.39 is 0 Å². The van der Waals surface area contributed by atoms with E-state index in [1.165, 1.54) is 0 Å². The number of anilines is 2. The van der Waals surface area contributed by atoms with Crippen LogP contribution in [0.1, 0.15) is 15.9 Å². The zero-order chi connectivity index (χ0) is 14.7. The molecule has 0 aliphatic heterocycles. The average molecular weight is 268 g/mol. The first-order chi connectivity index (χ1) is 9.49. The molecule has 3 heteroatoms. The summed E-state index contributed by atoms with van der Waals surface area (Å²) in [6.45, 7) is 0. The molecule has 0 fully saturated rings. The zero-order valence-corrected chi connectivity index (χ0v) is 12.4. The summed E-state index contributed by atoms with van der Waals surface area (Å²) in [5, 5.41) is 0. The Labute approximate surface area is 120 Å². The lowest BCUT2D eigenvalue weighted by Gasteiger charge is -2.14. The van der Waals surface area contributed by atoms with Gasteiger partial charge in [-0.25, -0.2) is 0 Å². The molecule has 0 aliphatic rings. The van der Waals surface area contributed by atoms with Crippen molar-refractivity contribution in [2.45, 2.75) is 0 Å². The third kappa shape index (κ3) is 2.99. The normalized spacial score (nSPS) is 10.2. The van der Waals surface area contributed by atoms with Crippen molar-refractivity contribution < 1.29 is 4.79 Å². The quantitative estimate of drug-likeness (QED) is 0.796. The second-order valence-electron chi connectivity index (χ2n) is 5.22. The van der Waals surface area contributed by atoms with Gasteiger partial charge in [-0.15, -0.1) is 0 Å². The van der Waals surface area contributed by atoms with Crippen molar-refractivity contribution in [2.75, 3.05) is 38.0 Å². The van der Waals surface area contributed by atoms with Gasteiger partial charge in [0.2, 0.25) is 0 Å². The minimum atomic E-state index is 0.0546. The van der Waals surface area contributed by atoms with Gasteiger partial charge in [0.05, 0.1) is 0 Å². The molecule has 2 aromatic carbocycles. The number of nitrogens with zero attached hydrogens (tertiary/aromatic N) is 2. The van der Waals surface area contributed by atoms with Gasteiger partial charge in [0, 0.05) is 50.7 Å². The van der Waals surface area contributed by atoms with E-state index in [9.17, 15) is 4.79 Å². The van der Waals surface area contributed by atoms with Gasteiger partial charge in [-0.1, -0.05) is 12.1 Å². The third-order valence-electron chi connectivity index (χ3n) is 3.27. The molecule has 3 nitrogen and oxygen atoms in total. The SMILES string of the molecule is CN(C)c1ccc(C(=O)c2cccc(N(C)C)c2)cc1. The molecule has 0 bridgehead atoms. The Morgan fingerprint density at radius 3 is 1.90 bits per heavy atom. The Hall–Kier alpha value is -2.29. The highest BCUT2D eigenvalue weighted by Gasteiger charge is 2.10. The summed E-state index contributed by atoms with van der Waals surface area (Å²) in [7, 11) is 7.90. The number of hydrogen-bond acceptors (Lipinski definition) is 3. The molecule has 2 aromatic rings. The van der Waals surface area contributed by atoms with Crippen LogP contribution in [-0.4, -0.2) is 34.0 Å². The summed E-state index contributed by atoms with van der Waals surface area (Å²) >= 11 is 0. The van der Waals surface area contributed by atoms with Crippen LogP contribution in [0.25, 0.3) is 0 Å². The summed E-state index contributed by atoms with van der Waals surface area (Å²) in [6.07, 6.45) is 0. The van der Waals surface area contributed by atoms with Crippen LogP contribution in [0.3, 0.4) is 0 Å². The van der Waals surface area contributed by atoms with Crippen LogP contribution in [0, 0.1) is 0 Å². The Kier molecular flexibility index (Phi) is 4.08. The molecular formula is C17H20N2O. The lowest BCUT2D eigenvalue weighted by Crippen LogP contribution is -2.10. The minimum Gasteiger partial charge on any atom is -0.378 e. The molecule has 0 radical (unpaired) electrons. The molecule has 0 aromatic heterocycles. The van der Waals surface area contributed by atoms with E-state index in [0.717, 1.165) is 11.4 Å². The van der Waals surface area contributed by atoms with Gasteiger partial charge in [-0.2, -0.15) is 0 Å².